The van der Waals surface area contributed by atoms with Crippen LogP contribution in [0, 0.1) is 23.7 Å². The molecule has 2 N–H and O–H groups in total. The lowest BCUT2D eigenvalue weighted by molar-refractivity contribution is -0.267. The predicted molar refractivity (Wildman–Crippen MR) is 151 cm³/mol. The fraction of sp³-hybridized carbons (Fsp3) is 0.625. The zero-order valence-electron chi connectivity index (χ0n) is 25.3. The number of ether oxygens (including phenoxy) is 7. The first-order valence-electron chi connectivity index (χ1n) is 15.2. The monoisotopic (exact) mass is 630 g/mol. The maximum Gasteiger partial charge on any atom is 0.346 e. The van der Waals surface area contributed by atoms with Gasteiger partial charge in [0.15, 0.2) is 6.10 Å². The molecule has 13 heteroatoms. The third kappa shape index (κ3) is 5.44. The van der Waals surface area contributed by atoms with Crippen molar-refractivity contribution in [2.24, 2.45) is 23.7 Å². The Labute approximate surface area is 259 Å². The van der Waals surface area contributed by atoms with E-state index in [1.165, 1.54) is 20.3 Å². The number of allylic oxidation sites excluding steroid dienone is 1. The second-order valence-electron chi connectivity index (χ2n) is 12.4. The van der Waals surface area contributed by atoms with Gasteiger partial charge in [0.1, 0.15) is 37.1 Å². The van der Waals surface area contributed by atoms with E-state index in [1.807, 2.05) is 13.0 Å². The van der Waals surface area contributed by atoms with Crippen LogP contribution < -0.4 is 0 Å². The van der Waals surface area contributed by atoms with Crippen LogP contribution >= 0.6 is 0 Å². The molecule has 11 atom stereocenters. The van der Waals surface area contributed by atoms with Crippen molar-refractivity contribution in [1.29, 1.82) is 0 Å². The molecule has 13 nitrogen and oxygen atoms in total. The van der Waals surface area contributed by atoms with Crippen molar-refractivity contribution in [2.75, 3.05) is 27.4 Å². The lowest BCUT2D eigenvalue weighted by Gasteiger charge is -2.62. The zero-order chi connectivity index (χ0) is 32.0. The number of fused-ring (bicyclic) bond motifs is 2. The minimum Gasteiger partial charge on any atom is -0.498 e. The van der Waals surface area contributed by atoms with E-state index in [0.29, 0.717) is 12.0 Å². The first-order chi connectivity index (χ1) is 21.6. The fourth-order valence-electron chi connectivity index (χ4n) is 8.04. The first-order valence-corrected chi connectivity index (χ1v) is 15.2. The summed E-state index contributed by atoms with van der Waals surface area (Å²) in [5.41, 5.74) is -0.438. The molecule has 0 unspecified atom stereocenters. The summed E-state index contributed by atoms with van der Waals surface area (Å²) in [4.78, 5) is 51.1. The van der Waals surface area contributed by atoms with E-state index in [-0.39, 0.29) is 55.1 Å². The molecule has 1 saturated carbocycles. The van der Waals surface area contributed by atoms with Crippen LogP contribution in [0.15, 0.2) is 47.3 Å². The highest BCUT2D eigenvalue weighted by Gasteiger charge is 2.64. The molecule has 0 radical (unpaired) electrons. The number of hydrogen-bond acceptors (Lipinski definition) is 13. The van der Waals surface area contributed by atoms with Crippen molar-refractivity contribution < 1.29 is 62.5 Å². The maximum atomic E-state index is 13.8. The van der Waals surface area contributed by atoms with Crippen molar-refractivity contribution >= 4 is 23.9 Å². The molecule has 5 heterocycles. The minimum absolute atomic E-state index is 0.0158. The van der Waals surface area contributed by atoms with Crippen LogP contribution in [0.5, 0.6) is 0 Å². The first kappa shape index (κ1) is 31.6. The Kier molecular flexibility index (Phi) is 8.74. The summed E-state index contributed by atoms with van der Waals surface area (Å²) in [5.74, 6) is -4.98. The van der Waals surface area contributed by atoms with E-state index in [0.717, 1.165) is 12.7 Å². The van der Waals surface area contributed by atoms with Crippen LogP contribution in [-0.4, -0.2) is 104 Å². The summed E-state index contributed by atoms with van der Waals surface area (Å²) in [7, 11) is 2.82. The number of carbonyl (C=O) groups excluding carboxylic acids is 4. The fourth-order valence-corrected chi connectivity index (χ4v) is 8.04. The van der Waals surface area contributed by atoms with Gasteiger partial charge in [-0.1, -0.05) is 18.2 Å². The standard InChI is InChI=1S/C32H38O13/c1-15-10-17-13-42-24(35)7-5-19-20(30(37)44-29(19)36)8-9-41-14-23(34)26(17)43-31(38)28(40-3)27(39-2)21-6-4-16-11-18-12-22(33)25(16)32(15,21)45-18/h4,6,8-10,16-18,21-23,25-28,33-34H,5,7,11-14H2,1-3H3/b9-8+,15-10+/t16-,17+,18+,21-,22+,23-,25-,26-,27+,28-,32-/m0/s1. The average molecular weight is 631 g/mol. The number of rotatable bonds is 2. The smallest absolute Gasteiger partial charge is 0.346 e. The Hall–Kier alpha value is -3.36. The van der Waals surface area contributed by atoms with Gasteiger partial charge in [0, 0.05) is 32.5 Å². The molecule has 2 saturated heterocycles. The number of carbonyl (C=O) groups is 4. The maximum absolute atomic E-state index is 13.8. The molecule has 0 aromatic heterocycles. The summed E-state index contributed by atoms with van der Waals surface area (Å²) >= 11 is 0. The molecule has 0 aromatic rings. The molecular formula is C32H38O13. The van der Waals surface area contributed by atoms with Crippen LogP contribution in [-0.2, 0) is 52.3 Å². The van der Waals surface area contributed by atoms with Crippen molar-refractivity contribution in [2.45, 2.75) is 74.8 Å². The number of cyclic esters (lactones) is 3. The molecular weight excluding hydrogens is 592 g/mol. The summed E-state index contributed by atoms with van der Waals surface area (Å²) in [5, 5.41) is 22.7. The van der Waals surface area contributed by atoms with Crippen molar-refractivity contribution in [3.63, 3.8) is 0 Å². The number of aliphatic hydroxyl groups is 2. The molecule has 0 amide bonds. The summed E-state index contributed by atoms with van der Waals surface area (Å²) in [6.07, 6.45) is 3.27. The van der Waals surface area contributed by atoms with Gasteiger partial charge in [-0.2, -0.15) is 0 Å². The number of hydrogen-bond donors (Lipinski definition) is 2. The number of aliphatic hydroxyl groups excluding tert-OH is 2. The molecule has 244 valence electrons. The molecule has 7 aliphatic rings. The average Bonchev–Trinajstić information content (AvgIpc) is 3.28. The minimum atomic E-state index is -1.44. The molecule has 1 spiro atoms. The largest absolute Gasteiger partial charge is 0.498 e. The van der Waals surface area contributed by atoms with Gasteiger partial charge in [0.25, 0.3) is 0 Å². The second kappa shape index (κ2) is 12.4. The van der Waals surface area contributed by atoms with Gasteiger partial charge < -0.3 is 43.4 Å². The molecule has 3 fully saturated rings. The molecule has 5 aliphatic heterocycles. The highest BCUT2D eigenvalue weighted by molar-refractivity contribution is 6.14. The van der Waals surface area contributed by atoms with Crippen molar-refractivity contribution in [3.8, 4) is 0 Å². The van der Waals surface area contributed by atoms with Crippen LogP contribution in [0.3, 0.4) is 0 Å². The SMILES string of the molecule is CO[C@H]1[C@H](OC)C(=O)O[C@H]2[C@H](/C=C(\C)[C@@]34O[C@H]5C[C@@H](O)[C@@H]3[C@@H](C=C[C@@H]14)C5)COC(=O)CCC1=C(/C=C/OC[C@@H]2O)C(=O)OC1=O. The van der Waals surface area contributed by atoms with E-state index < -0.39 is 71.8 Å². The highest BCUT2D eigenvalue weighted by Crippen LogP contribution is 2.58. The third-order valence-corrected chi connectivity index (χ3v) is 9.97. The summed E-state index contributed by atoms with van der Waals surface area (Å²) in [6.45, 7) is 1.17. The quantitative estimate of drug-likeness (QED) is 0.190. The van der Waals surface area contributed by atoms with Crippen molar-refractivity contribution in [3.05, 3.63) is 47.3 Å². The Morgan fingerprint density at radius 1 is 0.933 bits per heavy atom. The van der Waals surface area contributed by atoms with Gasteiger partial charge >= 0.3 is 23.9 Å². The van der Waals surface area contributed by atoms with Crippen molar-refractivity contribution in [1.82, 2.24) is 0 Å². The van der Waals surface area contributed by atoms with Gasteiger partial charge in [0.2, 0.25) is 0 Å². The van der Waals surface area contributed by atoms with Gasteiger partial charge in [0.05, 0.1) is 35.5 Å². The van der Waals surface area contributed by atoms with Gasteiger partial charge in [-0.25, -0.2) is 14.4 Å². The number of esters is 4. The van der Waals surface area contributed by atoms with Crippen LogP contribution in [0.1, 0.15) is 32.6 Å². The third-order valence-electron chi connectivity index (χ3n) is 9.97. The van der Waals surface area contributed by atoms with E-state index in [2.05, 4.69) is 10.8 Å². The Morgan fingerprint density at radius 2 is 1.73 bits per heavy atom. The Morgan fingerprint density at radius 3 is 2.47 bits per heavy atom. The van der Waals surface area contributed by atoms with Crippen LogP contribution in [0.25, 0.3) is 0 Å². The summed E-state index contributed by atoms with van der Waals surface area (Å²) < 4.78 is 40.1. The Bertz CT molecular complexity index is 1360. The second-order valence-corrected chi connectivity index (χ2v) is 12.4. The molecule has 45 heavy (non-hydrogen) atoms. The Balaban J connectivity index is 1.42. The topological polar surface area (TPSA) is 173 Å². The lowest BCUT2D eigenvalue weighted by atomic mass is 9.54. The van der Waals surface area contributed by atoms with Crippen LogP contribution in [0.4, 0.5) is 0 Å². The molecule has 0 aromatic carbocycles. The zero-order valence-corrected chi connectivity index (χ0v) is 25.3. The van der Waals surface area contributed by atoms with Gasteiger partial charge in [-0.3, -0.25) is 4.79 Å². The highest BCUT2D eigenvalue weighted by atomic mass is 16.6. The predicted octanol–water partition coefficient (Wildman–Crippen LogP) is 0.823. The van der Waals surface area contributed by atoms with E-state index in [9.17, 15) is 29.4 Å². The molecule has 7 rings (SSSR count). The molecule has 4 bridgehead atoms. The van der Waals surface area contributed by atoms with E-state index in [1.54, 1.807) is 6.08 Å². The number of methoxy groups -OCH3 is 2. The van der Waals surface area contributed by atoms with Crippen LogP contribution in [0.2, 0.25) is 0 Å². The lowest BCUT2D eigenvalue weighted by Crippen LogP contribution is -2.69. The molecule has 2 aliphatic carbocycles. The van der Waals surface area contributed by atoms with Gasteiger partial charge in [-0.15, -0.1) is 0 Å². The van der Waals surface area contributed by atoms with E-state index in [4.69, 9.17) is 28.4 Å². The van der Waals surface area contributed by atoms with E-state index >= 15 is 0 Å². The normalized spacial score (nSPS) is 43.7. The van der Waals surface area contributed by atoms with Gasteiger partial charge in [-0.05, 0) is 43.8 Å². The summed E-state index contributed by atoms with van der Waals surface area (Å²) in [6, 6.07) is 0.